The van der Waals surface area contributed by atoms with E-state index >= 15 is 0 Å². The van der Waals surface area contributed by atoms with Gasteiger partial charge < -0.3 is 0 Å². The summed E-state index contributed by atoms with van der Waals surface area (Å²) in [6, 6.07) is 0. The van der Waals surface area contributed by atoms with E-state index in [2.05, 4.69) is 27.7 Å². The van der Waals surface area contributed by atoms with E-state index in [-0.39, 0.29) is 7.92 Å². The highest BCUT2D eigenvalue weighted by Crippen LogP contribution is 2.59. The molecular formula is C19H39P. The molecule has 0 N–H and O–H groups in total. The minimum Gasteiger partial charge on any atom is -0.0972 e. The molecule has 1 aliphatic carbocycles. The maximum absolute atomic E-state index is 2.47. The average Bonchev–Trinajstić information content (AvgIpc) is 2.48. The molecule has 0 aromatic carbocycles. The first-order valence-electron chi connectivity index (χ1n) is 9.55. The largest absolute Gasteiger partial charge is 0.0972 e. The topological polar surface area (TPSA) is 0 Å². The van der Waals surface area contributed by atoms with Gasteiger partial charge in [-0.05, 0) is 55.5 Å². The summed E-state index contributed by atoms with van der Waals surface area (Å²) < 4.78 is 0. The maximum atomic E-state index is 2.47. The molecule has 0 aliphatic heterocycles. The lowest BCUT2D eigenvalue weighted by atomic mass is 10.0. The molecule has 0 nitrogen and oxygen atoms in total. The fourth-order valence-electron chi connectivity index (χ4n) is 4.28. The quantitative estimate of drug-likeness (QED) is 0.370. The summed E-state index contributed by atoms with van der Waals surface area (Å²) in [5.74, 6) is 0. The van der Waals surface area contributed by atoms with Crippen molar-refractivity contribution in [2.24, 2.45) is 0 Å². The lowest BCUT2D eigenvalue weighted by Crippen LogP contribution is -2.25. The zero-order valence-electron chi connectivity index (χ0n) is 14.7. The molecule has 0 bridgehead atoms. The Balaban J connectivity index is 2.83. The lowest BCUT2D eigenvalue weighted by Gasteiger charge is -2.42. The van der Waals surface area contributed by atoms with E-state index in [4.69, 9.17) is 0 Å². The van der Waals surface area contributed by atoms with Gasteiger partial charge in [0.1, 0.15) is 0 Å². The minimum absolute atomic E-state index is 0.277. The Kier molecular flexibility index (Phi) is 10.2. The van der Waals surface area contributed by atoms with Gasteiger partial charge in [-0.2, -0.15) is 0 Å². The van der Waals surface area contributed by atoms with E-state index < -0.39 is 0 Å². The molecule has 0 saturated heterocycles. The van der Waals surface area contributed by atoms with Crippen molar-refractivity contribution in [3.8, 4) is 0 Å². The summed E-state index contributed by atoms with van der Waals surface area (Å²) in [6.07, 6.45) is 17.9. The zero-order valence-corrected chi connectivity index (χ0v) is 15.6. The zero-order chi connectivity index (χ0) is 14.8. The summed E-state index contributed by atoms with van der Waals surface area (Å²) in [5.41, 5.74) is 3.28. The predicted molar refractivity (Wildman–Crippen MR) is 96.4 cm³/mol. The minimum atomic E-state index is 0.277. The van der Waals surface area contributed by atoms with Gasteiger partial charge in [0.15, 0.2) is 0 Å². The molecule has 2 unspecified atom stereocenters. The van der Waals surface area contributed by atoms with E-state index in [1.54, 1.807) is 12.8 Å². The van der Waals surface area contributed by atoms with E-state index in [0.29, 0.717) is 0 Å². The van der Waals surface area contributed by atoms with Crippen molar-refractivity contribution >= 4 is 7.92 Å². The highest BCUT2D eigenvalue weighted by Gasteiger charge is 2.33. The first kappa shape index (κ1) is 18.5. The van der Waals surface area contributed by atoms with Crippen LogP contribution in [-0.4, -0.2) is 17.0 Å². The maximum Gasteiger partial charge on any atom is -0.0204 e. The lowest BCUT2D eigenvalue weighted by molar-refractivity contribution is 0.499. The van der Waals surface area contributed by atoms with Crippen LogP contribution in [0.4, 0.5) is 0 Å². The third-order valence-corrected chi connectivity index (χ3v) is 9.36. The standard InChI is InChI=1S/C19H39P/c1-5-12-17(8-4)20(18(13-6-2)14-7-3)19-15-10-9-11-16-19/h17-19H,5-16H2,1-4H3. The van der Waals surface area contributed by atoms with E-state index in [0.717, 1.165) is 17.0 Å². The summed E-state index contributed by atoms with van der Waals surface area (Å²) in [7, 11) is 0.277. The molecule has 1 rings (SSSR count). The summed E-state index contributed by atoms with van der Waals surface area (Å²) in [5, 5.41) is 0. The SMILES string of the molecule is CCCC(CC)P(C(CCC)CCC)C1CCCCC1. The van der Waals surface area contributed by atoms with Gasteiger partial charge in [0, 0.05) is 0 Å². The molecule has 1 heteroatoms. The van der Waals surface area contributed by atoms with Crippen LogP contribution in [0.5, 0.6) is 0 Å². The first-order valence-corrected chi connectivity index (χ1v) is 11.1. The van der Waals surface area contributed by atoms with Crippen LogP contribution in [0.15, 0.2) is 0 Å². The predicted octanol–water partition coefficient (Wildman–Crippen LogP) is 7.35. The third kappa shape index (κ3) is 5.67. The molecule has 0 heterocycles. The summed E-state index contributed by atoms with van der Waals surface area (Å²) >= 11 is 0. The first-order chi connectivity index (χ1) is 9.78. The average molecular weight is 298 g/mol. The number of hydrogen-bond acceptors (Lipinski definition) is 0. The Morgan fingerprint density at radius 3 is 1.70 bits per heavy atom. The van der Waals surface area contributed by atoms with Crippen LogP contribution >= 0.6 is 7.92 Å². The fraction of sp³-hybridized carbons (Fsp3) is 1.00. The van der Waals surface area contributed by atoms with Crippen LogP contribution < -0.4 is 0 Å². The third-order valence-electron chi connectivity index (χ3n) is 5.18. The molecule has 1 fully saturated rings. The Labute approximate surface area is 130 Å². The van der Waals surface area contributed by atoms with Crippen molar-refractivity contribution in [3.63, 3.8) is 0 Å². The van der Waals surface area contributed by atoms with Crippen LogP contribution in [0.3, 0.4) is 0 Å². The number of rotatable bonds is 10. The second-order valence-corrected chi connectivity index (χ2v) is 9.91. The van der Waals surface area contributed by atoms with Crippen molar-refractivity contribution in [2.45, 2.75) is 122 Å². The Morgan fingerprint density at radius 1 is 0.750 bits per heavy atom. The Bertz CT molecular complexity index is 209. The molecule has 1 aliphatic rings. The summed E-state index contributed by atoms with van der Waals surface area (Å²) in [4.78, 5) is 0. The van der Waals surface area contributed by atoms with E-state index in [1.165, 1.54) is 64.2 Å². The van der Waals surface area contributed by atoms with Gasteiger partial charge in [0.05, 0.1) is 0 Å². The van der Waals surface area contributed by atoms with Gasteiger partial charge in [-0.3, -0.25) is 0 Å². The smallest absolute Gasteiger partial charge is 0.0204 e. The molecule has 120 valence electrons. The normalized spacial score (nSPS) is 20.2. The van der Waals surface area contributed by atoms with Crippen LogP contribution in [-0.2, 0) is 0 Å². The van der Waals surface area contributed by atoms with Gasteiger partial charge >= 0.3 is 0 Å². The van der Waals surface area contributed by atoms with Crippen LogP contribution in [0.25, 0.3) is 0 Å². The van der Waals surface area contributed by atoms with Gasteiger partial charge in [-0.15, -0.1) is 0 Å². The van der Waals surface area contributed by atoms with Crippen molar-refractivity contribution in [1.82, 2.24) is 0 Å². The van der Waals surface area contributed by atoms with Gasteiger partial charge in [0.2, 0.25) is 0 Å². The molecule has 0 radical (unpaired) electrons. The van der Waals surface area contributed by atoms with E-state index in [9.17, 15) is 0 Å². The van der Waals surface area contributed by atoms with Gasteiger partial charge in [-0.25, -0.2) is 0 Å². The van der Waals surface area contributed by atoms with Crippen LogP contribution in [0.2, 0.25) is 0 Å². The van der Waals surface area contributed by atoms with Crippen LogP contribution in [0.1, 0.15) is 105 Å². The fourth-order valence-corrected chi connectivity index (χ4v) is 9.12. The number of hydrogen-bond donors (Lipinski definition) is 0. The molecule has 0 aromatic heterocycles. The molecule has 0 amide bonds. The molecule has 2 atom stereocenters. The second-order valence-electron chi connectivity index (χ2n) is 6.82. The van der Waals surface area contributed by atoms with Crippen molar-refractivity contribution in [1.29, 1.82) is 0 Å². The van der Waals surface area contributed by atoms with Crippen molar-refractivity contribution in [2.75, 3.05) is 0 Å². The Morgan fingerprint density at radius 2 is 1.25 bits per heavy atom. The van der Waals surface area contributed by atoms with Gasteiger partial charge in [0.25, 0.3) is 0 Å². The van der Waals surface area contributed by atoms with Crippen molar-refractivity contribution < 1.29 is 0 Å². The summed E-state index contributed by atoms with van der Waals surface area (Å²) in [6.45, 7) is 9.66. The van der Waals surface area contributed by atoms with Crippen molar-refractivity contribution in [3.05, 3.63) is 0 Å². The van der Waals surface area contributed by atoms with Gasteiger partial charge in [-0.1, -0.05) is 74.1 Å². The molecule has 1 saturated carbocycles. The Hall–Kier alpha value is 0.430. The monoisotopic (exact) mass is 298 g/mol. The van der Waals surface area contributed by atoms with Crippen LogP contribution in [0, 0.1) is 0 Å². The molecular weight excluding hydrogens is 259 g/mol. The highest BCUT2D eigenvalue weighted by atomic mass is 31.1. The van der Waals surface area contributed by atoms with E-state index in [1.807, 2.05) is 0 Å². The highest BCUT2D eigenvalue weighted by molar-refractivity contribution is 7.59. The molecule has 0 spiro atoms. The molecule has 0 aromatic rings. The molecule has 20 heavy (non-hydrogen) atoms. The second kappa shape index (κ2) is 11.1.